The second-order valence-electron chi connectivity index (χ2n) is 7.66. The summed E-state index contributed by atoms with van der Waals surface area (Å²) in [6.45, 7) is 3.51. The number of ether oxygens (including phenoxy) is 2. The van der Waals surface area contributed by atoms with Crippen molar-refractivity contribution in [3.05, 3.63) is 70.2 Å². The Balaban J connectivity index is 1.73. The van der Waals surface area contributed by atoms with Crippen LogP contribution in [0.25, 0.3) is 0 Å². The van der Waals surface area contributed by atoms with E-state index in [0.29, 0.717) is 31.1 Å². The van der Waals surface area contributed by atoms with Crippen LogP contribution >= 0.6 is 11.3 Å². The lowest BCUT2D eigenvalue weighted by atomic mass is 10.2. The molecule has 0 aliphatic carbocycles. The fourth-order valence-corrected chi connectivity index (χ4v) is 5.11. The summed E-state index contributed by atoms with van der Waals surface area (Å²) in [6, 6.07) is 14.3. The van der Waals surface area contributed by atoms with E-state index < -0.39 is 10.0 Å². The Bertz CT molecular complexity index is 1110. The first-order chi connectivity index (χ1) is 15.3. The molecule has 7 nitrogen and oxygen atoms in total. The van der Waals surface area contributed by atoms with E-state index in [0.717, 1.165) is 16.3 Å². The molecule has 0 aliphatic rings. The number of hydrogen-bond donors (Lipinski definition) is 0. The minimum absolute atomic E-state index is 0.198. The molecule has 0 N–H and O–H groups in total. The first-order valence-corrected chi connectivity index (χ1v) is 12.5. The zero-order chi connectivity index (χ0) is 23.1. The molecule has 172 valence electrons. The number of aryl methyl sites for hydroxylation is 1. The first kappa shape index (κ1) is 24.2. The van der Waals surface area contributed by atoms with E-state index in [9.17, 15) is 8.42 Å². The third kappa shape index (κ3) is 6.52. The van der Waals surface area contributed by atoms with Crippen LogP contribution in [0.5, 0.6) is 11.5 Å². The zero-order valence-electron chi connectivity index (χ0n) is 18.8. The Hall–Kier alpha value is -2.46. The van der Waals surface area contributed by atoms with Crippen molar-refractivity contribution in [2.75, 3.05) is 34.3 Å². The van der Waals surface area contributed by atoms with Crippen molar-refractivity contribution in [3.8, 4) is 11.5 Å². The van der Waals surface area contributed by atoms with Crippen molar-refractivity contribution < 1.29 is 17.9 Å². The number of sulfonamides is 1. The van der Waals surface area contributed by atoms with E-state index in [2.05, 4.69) is 4.98 Å². The minimum atomic E-state index is -3.69. The maximum atomic E-state index is 13.3. The number of likely N-dealkylation sites (N-methyl/N-ethyl adjacent to an activating group) is 1. The molecule has 0 spiro atoms. The van der Waals surface area contributed by atoms with Crippen molar-refractivity contribution in [1.29, 1.82) is 0 Å². The Kier molecular flexibility index (Phi) is 8.25. The Morgan fingerprint density at radius 2 is 1.78 bits per heavy atom. The molecule has 0 amide bonds. The van der Waals surface area contributed by atoms with Crippen LogP contribution in [-0.2, 0) is 23.2 Å². The minimum Gasteiger partial charge on any atom is -0.497 e. The Labute approximate surface area is 194 Å². The van der Waals surface area contributed by atoms with Gasteiger partial charge in [0.1, 0.15) is 23.1 Å². The molecule has 0 unspecified atom stereocenters. The smallest absolute Gasteiger partial charge is 0.243 e. The van der Waals surface area contributed by atoms with Gasteiger partial charge in [-0.1, -0.05) is 12.1 Å². The fraction of sp³-hybridized carbons (Fsp3) is 0.348. The molecule has 0 atom stereocenters. The number of thiazole rings is 1. The van der Waals surface area contributed by atoms with Gasteiger partial charge in [-0.15, -0.1) is 11.3 Å². The van der Waals surface area contributed by atoms with Crippen LogP contribution in [0.3, 0.4) is 0 Å². The highest BCUT2D eigenvalue weighted by atomic mass is 32.2. The summed E-state index contributed by atoms with van der Waals surface area (Å²) in [4.78, 5) is 6.79. The van der Waals surface area contributed by atoms with Crippen LogP contribution in [0.4, 0.5) is 0 Å². The quantitative estimate of drug-likeness (QED) is 0.420. The SMILES string of the molecule is COc1ccc(S(=O)(=O)N(CCN(C)C)Cc2csc(COc3cccc(C)c3)n2)cc1. The van der Waals surface area contributed by atoms with Crippen molar-refractivity contribution in [1.82, 2.24) is 14.2 Å². The van der Waals surface area contributed by atoms with Gasteiger partial charge in [0.25, 0.3) is 0 Å². The predicted molar refractivity (Wildman–Crippen MR) is 127 cm³/mol. The molecule has 0 saturated heterocycles. The van der Waals surface area contributed by atoms with Crippen molar-refractivity contribution >= 4 is 21.4 Å². The number of hydrogen-bond acceptors (Lipinski definition) is 7. The molecule has 2 aromatic carbocycles. The molecule has 9 heteroatoms. The number of rotatable bonds is 11. The lowest BCUT2D eigenvalue weighted by Gasteiger charge is -2.23. The molecule has 3 rings (SSSR count). The molecule has 0 saturated carbocycles. The highest BCUT2D eigenvalue weighted by molar-refractivity contribution is 7.89. The van der Waals surface area contributed by atoms with Crippen molar-refractivity contribution in [3.63, 3.8) is 0 Å². The average molecular weight is 476 g/mol. The van der Waals surface area contributed by atoms with Gasteiger partial charge in [0, 0.05) is 18.5 Å². The third-order valence-corrected chi connectivity index (χ3v) is 7.51. The largest absolute Gasteiger partial charge is 0.497 e. The predicted octanol–water partition coefficient (Wildman–Crippen LogP) is 3.79. The van der Waals surface area contributed by atoms with E-state index in [1.807, 2.05) is 55.6 Å². The monoisotopic (exact) mass is 475 g/mol. The topological polar surface area (TPSA) is 72.0 Å². The van der Waals surface area contributed by atoms with Gasteiger partial charge in [-0.3, -0.25) is 0 Å². The van der Waals surface area contributed by atoms with Gasteiger partial charge in [-0.25, -0.2) is 13.4 Å². The fourth-order valence-electron chi connectivity index (χ4n) is 3.01. The van der Waals surface area contributed by atoms with E-state index in [1.54, 1.807) is 31.4 Å². The summed E-state index contributed by atoms with van der Waals surface area (Å²) in [7, 11) is 1.70. The molecular formula is C23H29N3O4S2. The summed E-state index contributed by atoms with van der Waals surface area (Å²) >= 11 is 1.47. The molecular weight excluding hydrogens is 446 g/mol. The molecule has 0 radical (unpaired) electrons. The maximum absolute atomic E-state index is 13.3. The summed E-state index contributed by atoms with van der Waals surface area (Å²) in [5.41, 5.74) is 1.83. The van der Waals surface area contributed by atoms with Gasteiger partial charge < -0.3 is 14.4 Å². The van der Waals surface area contributed by atoms with Gasteiger partial charge >= 0.3 is 0 Å². The van der Waals surface area contributed by atoms with Gasteiger partial charge in [0.2, 0.25) is 10.0 Å². The maximum Gasteiger partial charge on any atom is 0.243 e. The lowest BCUT2D eigenvalue weighted by Crippen LogP contribution is -2.36. The van der Waals surface area contributed by atoms with Crippen molar-refractivity contribution in [2.24, 2.45) is 0 Å². The Morgan fingerprint density at radius 1 is 1.03 bits per heavy atom. The van der Waals surface area contributed by atoms with E-state index in [-0.39, 0.29) is 11.4 Å². The summed E-state index contributed by atoms with van der Waals surface area (Å²) < 4.78 is 39.1. The number of aromatic nitrogens is 1. The lowest BCUT2D eigenvalue weighted by molar-refractivity contribution is 0.304. The van der Waals surface area contributed by atoms with Crippen LogP contribution in [0.15, 0.2) is 58.8 Å². The van der Waals surface area contributed by atoms with Gasteiger partial charge in [-0.05, 0) is 63.0 Å². The number of nitrogens with zero attached hydrogens (tertiary/aromatic N) is 3. The molecule has 0 aliphatic heterocycles. The van der Waals surface area contributed by atoms with E-state index >= 15 is 0 Å². The van der Waals surface area contributed by atoms with E-state index in [1.165, 1.54) is 15.6 Å². The van der Waals surface area contributed by atoms with Crippen LogP contribution in [0, 0.1) is 6.92 Å². The highest BCUT2D eigenvalue weighted by Gasteiger charge is 2.25. The second-order valence-corrected chi connectivity index (χ2v) is 10.5. The summed E-state index contributed by atoms with van der Waals surface area (Å²) in [5, 5.41) is 2.69. The van der Waals surface area contributed by atoms with Crippen molar-refractivity contribution in [2.45, 2.75) is 25.0 Å². The highest BCUT2D eigenvalue weighted by Crippen LogP contribution is 2.23. The van der Waals surface area contributed by atoms with Crippen LogP contribution in [0.1, 0.15) is 16.3 Å². The van der Waals surface area contributed by atoms with Crippen LogP contribution in [-0.4, -0.2) is 56.9 Å². The normalized spacial score (nSPS) is 11.8. The Morgan fingerprint density at radius 3 is 2.44 bits per heavy atom. The molecule has 3 aromatic rings. The molecule has 1 aromatic heterocycles. The summed E-state index contributed by atoms with van der Waals surface area (Å²) in [5.74, 6) is 1.40. The molecule has 0 fully saturated rings. The van der Waals surface area contributed by atoms with Gasteiger partial charge in [0.05, 0.1) is 24.2 Å². The van der Waals surface area contributed by atoms with Crippen LogP contribution < -0.4 is 9.47 Å². The molecule has 1 heterocycles. The molecule has 32 heavy (non-hydrogen) atoms. The van der Waals surface area contributed by atoms with Crippen LogP contribution in [0.2, 0.25) is 0 Å². The molecule has 0 bridgehead atoms. The average Bonchev–Trinajstić information content (AvgIpc) is 3.22. The number of benzene rings is 2. The zero-order valence-corrected chi connectivity index (χ0v) is 20.4. The van der Waals surface area contributed by atoms with Gasteiger partial charge in [-0.2, -0.15) is 4.31 Å². The standard InChI is InChI=1S/C23H29N3O4S2/c1-18-6-5-7-21(14-18)30-16-23-24-19(17-31-23)15-26(13-12-25(2)3)32(27,28)22-10-8-20(29-4)9-11-22/h5-11,14,17H,12-13,15-16H2,1-4H3. The van der Waals surface area contributed by atoms with Gasteiger partial charge in [0.15, 0.2) is 0 Å². The van der Waals surface area contributed by atoms with E-state index in [4.69, 9.17) is 9.47 Å². The second kappa shape index (κ2) is 10.9. The first-order valence-electron chi connectivity index (χ1n) is 10.2. The summed E-state index contributed by atoms with van der Waals surface area (Å²) in [6.07, 6.45) is 0. The number of methoxy groups -OCH3 is 1. The third-order valence-electron chi connectivity index (χ3n) is 4.78.